The lowest BCUT2D eigenvalue weighted by Gasteiger charge is -2.15. The van der Waals surface area contributed by atoms with Gasteiger partial charge in [0.15, 0.2) is 6.04 Å². The van der Waals surface area contributed by atoms with E-state index in [0.29, 0.717) is 16.8 Å². The zero-order valence-electron chi connectivity index (χ0n) is 11.5. The first kappa shape index (κ1) is 15.1. The molecule has 0 saturated carbocycles. The summed E-state index contributed by atoms with van der Waals surface area (Å²) in [4.78, 5) is 23.6. The van der Waals surface area contributed by atoms with E-state index in [0.717, 1.165) is 0 Å². The largest absolute Gasteiger partial charge is 0.479 e. The van der Waals surface area contributed by atoms with E-state index < -0.39 is 17.9 Å². The van der Waals surface area contributed by atoms with Gasteiger partial charge in [-0.2, -0.15) is 5.10 Å². The van der Waals surface area contributed by atoms with E-state index in [1.54, 1.807) is 38.2 Å². The third-order valence-corrected chi connectivity index (χ3v) is 3.34. The Hall–Kier alpha value is -2.34. The van der Waals surface area contributed by atoms with Crippen LogP contribution >= 0.6 is 11.6 Å². The lowest BCUT2D eigenvalue weighted by molar-refractivity contribution is -0.139. The van der Waals surface area contributed by atoms with Crippen molar-refractivity contribution in [2.75, 3.05) is 0 Å². The van der Waals surface area contributed by atoms with Gasteiger partial charge in [0, 0.05) is 23.8 Å². The number of aromatic nitrogens is 2. The number of carboxylic acid groups (broad SMARTS) is 1. The minimum atomic E-state index is -1.22. The quantitative estimate of drug-likeness (QED) is 0.904. The van der Waals surface area contributed by atoms with Crippen LogP contribution in [0.4, 0.5) is 0 Å². The topological polar surface area (TPSA) is 84.2 Å². The normalized spacial score (nSPS) is 12.0. The molecule has 110 valence electrons. The van der Waals surface area contributed by atoms with Crippen LogP contribution in [0.1, 0.15) is 27.7 Å². The van der Waals surface area contributed by atoms with Crippen LogP contribution in [0, 0.1) is 6.92 Å². The fraction of sp³-hybridized carbons (Fsp3) is 0.214. The Balaban J connectivity index is 2.29. The van der Waals surface area contributed by atoms with Gasteiger partial charge in [-0.25, -0.2) is 4.79 Å². The Morgan fingerprint density at radius 3 is 2.57 bits per heavy atom. The Morgan fingerprint density at radius 1 is 1.38 bits per heavy atom. The van der Waals surface area contributed by atoms with Gasteiger partial charge in [0.1, 0.15) is 0 Å². The van der Waals surface area contributed by atoms with Crippen LogP contribution in [-0.4, -0.2) is 26.8 Å². The molecule has 0 aliphatic carbocycles. The molecule has 0 bridgehead atoms. The smallest absolute Gasteiger partial charge is 0.330 e. The average molecular weight is 308 g/mol. The summed E-state index contributed by atoms with van der Waals surface area (Å²) in [7, 11) is 1.69. The number of hydrogen-bond donors (Lipinski definition) is 2. The Bertz CT molecular complexity index is 697. The van der Waals surface area contributed by atoms with Gasteiger partial charge in [-0.05, 0) is 13.0 Å². The molecule has 6 nitrogen and oxygen atoms in total. The molecular formula is C14H14ClN3O3. The summed E-state index contributed by atoms with van der Waals surface area (Å²) in [5.41, 5.74) is 1.19. The number of benzene rings is 1. The second kappa shape index (κ2) is 5.97. The molecule has 1 amide bonds. The predicted octanol–water partition coefficient (Wildman–Crippen LogP) is 1.94. The minimum absolute atomic E-state index is 0.285. The number of carbonyl (C=O) groups is 2. The van der Waals surface area contributed by atoms with E-state index in [1.165, 1.54) is 10.9 Å². The summed E-state index contributed by atoms with van der Waals surface area (Å²) in [5, 5.41) is 16.1. The number of nitrogens with zero attached hydrogens (tertiary/aromatic N) is 2. The number of carboxylic acids is 1. The van der Waals surface area contributed by atoms with Crippen molar-refractivity contribution in [2.45, 2.75) is 13.0 Å². The fourth-order valence-corrected chi connectivity index (χ4v) is 2.26. The van der Waals surface area contributed by atoms with Crippen LogP contribution in [-0.2, 0) is 11.8 Å². The first-order valence-electron chi connectivity index (χ1n) is 6.18. The van der Waals surface area contributed by atoms with Crippen LogP contribution in [0.15, 0.2) is 30.5 Å². The van der Waals surface area contributed by atoms with Crippen molar-refractivity contribution >= 4 is 23.5 Å². The van der Waals surface area contributed by atoms with E-state index in [1.807, 2.05) is 0 Å². The second-order valence-corrected chi connectivity index (χ2v) is 4.98. The Labute approximate surface area is 126 Å². The van der Waals surface area contributed by atoms with Crippen LogP contribution in [0.25, 0.3) is 0 Å². The van der Waals surface area contributed by atoms with Gasteiger partial charge in [0.2, 0.25) is 0 Å². The number of amides is 1. The lowest BCUT2D eigenvalue weighted by atomic mass is 10.1. The Morgan fingerprint density at radius 2 is 2.05 bits per heavy atom. The third kappa shape index (κ3) is 3.22. The summed E-state index contributed by atoms with van der Waals surface area (Å²) in [6.07, 6.45) is 1.54. The summed E-state index contributed by atoms with van der Waals surface area (Å²) in [5.74, 6) is -1.69. The summed E-state index contributed by atoms with van der Waals surface area (Å²) in [6.45, 7) is 1.68. The predicted molar refractivity (Wildman–Crippen MR) is 77.2 cm³/mol. The molecule has 2 N–H and O–H groups in total. The third-order valence-electron chi connectivity index (χ3n) is 3.00. The van der Waals surface area contributed by atoms with Gasteiger partial charge in [-0.1, -0.05) is 29.8 Å². The molecule has 2 rings (SSSR count). The number of carbonyl (C=O) groups excluding carboxylic acids is 1. The highest BCUT2D eigenvalue weighted by atomic mass is 35.5. The summed E-state index contributed by atoms with van der Waals surface area (Å²) < 4.78 is 1.50. The van der Waals surface area contributed by atoms with Crippen molar-refractivity contribution in [3.63, 3.8) is 0 Å². The molecule has 0 spiro atoms. The van der Waals surface area contributed by atoms with Gasteiger partial charge in [-0.3, -0.25) is 9.48 Å². The number of hydrogen-bond acceptors (Lipinski definition) is 3. The SMILES string of the molecule is Cc1nn(C)cc1C(=O)N[C@@H](C(=O)O)c1ccccc1Cl. The molecule has 0 saturated heterocycles. The lowest BCUT2D eigenvalue weighted by Crippen LogP contribution is -2.34. The van der Waals surface area contributed by atoms with Crippen LogP contribution in [0.2, 0.25) is 5.02 Å². The number of rotatable bonds is 4. The van der Waals surface area contributed by atoms with Gasteiger partial charge in [-0.15, -0.1) is 0 Å². The van der Waals surface area contributed by atoms with E-state index >= 15 is 0 Å². The van der Waals surface area contributed by atoms with E-state index in [2.05, 4.69) is 10.4 Å². The highest BCUT2D eigenvalue weighted by Crippen LogP contribution is 2.23. The molecule has 2 aromatic rings. The maximum absolute atomic E-state index is 12.2. The molecule has 0 aliphatic heterocycles. The van der Waals surface area contributed by atoms with Crippen LogP contribution < -0.4 is 5.32 Å². The highest BCUT2D eigenvalue weighted by Gasteiger charge is 2.25. The van der Waals surface area contributed by atoms with Gasteiger partial charge < -0.3 is 10.4 Å². The van der Waals surface area contributed by atoms with Crippen LogP contribution in [0.3, 0.4) is 0 Å². The standard InChI is InChI=1S/C14H14ClN3O3/c1-8-10(7-18(2)17-8)13(19)16-12(14(20)21)9-5-3-4-6-11(9)15/h3-7,12H,1-2H3,(H,16,19)(H,20,21)/t12-/m1/s1. The van der Waals surface area contributed by atoms with Crippen molar-refractivity contribution in [2.24, 2.45) is 7.05 Å². The molecule has 1 heterocycles. The number of halogens is 1. The van der Waals surface area contributed by atoms with E-state index in [-0.39, 0.29) is 5.02 Å². The first-order valence-corrected chi connectivity index (χ1v) is 6.56. The number of aliphatic carboxylic acids is 1. The maximum atomic E-state index is 12.2. The number of nitrogens with one attached hydrogen (secondary N) is 1. The van der Waals surface area contributed by atoms with E-state index in [4.69, 9.17) is 11.6 Å². The molecular weight excluding hydrogens is 294 g/mol. The van der Waals surface area contributed by atoms with Crippen molar-refractivity contribution in [1.82, 2.24) is 15.1 Å². The monoisotopic (exact) mass is 307 g/mol. The van der Waals surface area contributed by atoms with E-state index in [9.17, 15) is 14.7 Å². The van der Waals surface area contributed by atoms with Crippen LogP contribution in [0.5, 0.6) is 0 Å². The van der Waals surface area contributed by atoms with Crippen molar-refractivity contribution < 1.29 is 14.7 Å². The zero-order valence-corrected chi connectivity index (χ0v) is 12.3. The molecule has 0 aliphatic rings. The molecule has 1 atom stereocenters. The first-order chi connectivity index (χ1) is 9.90. The van der Waals surface area contributed by atoms with Crippen molar-refractivity contribution in [3.8, 4) is 0 Å². The molecule has 7 heteroatoms. The maximum Gasteiger partial charge on any atom is 0.330 e. The van der Waals surface area contributed by atoms with Crippen molar-refractivity contribution in [3.05, 3.63) is 52.3 Å². The highest BCUT2D eigenvalue weighted by molar-refractivity contribution is 6.31. The summed E-state index contributed by atoms with van der Waals surface area (Å²) in [6, 6.07) is 5.29. The minimum Gasteiger partial charge on any atom is -0.479 e. The zero-order chi connectivity index (χ0) is 15.6. The second-order valence-electron chi connectivity index (χ2n) is 4.57. The molecule has 1 aromatic heterocycles. The van der Waals surface area contributed by atoms with Gasteiger partial charge >= 0.3 is 5.97 Å². The molecule has 21 heavy (non-hydrogen) atoms. The summed E-state index contributed by atoms with van der Waals surface area (Å²) >= 11 is 6.00. The Kier molecular flexibility index (Phi) is 4.28. The van der Waals surface area contributed by atoms with Gasteiger partial charge in [0.05, 0.1) is 11.3 Å². The molecule has 0 radical (unpaired) electrons. The molecule has 1 aromatic carbocycles. The fourth-order valence-electron chi connectivity index (χ4n) is 2.01. The van der Waals surface area contributed by atoms with Gasteiger partial charge in [0.25, 0.3) is 5.91 Å². The average Bonchev–Trinajstić information content (AvgIpc) is 2.75. The van der Waals surface area contributed by atoms with Crippen molar-refractivity contribution in [1.29, 1.82) is 0 Å². The number of aryl methyl sites for hydroxylation is 2. The molecule has 0 unspecified atom stereocenters. The molecule has 0 fully saturated rings.